The first-order valence-electron chi connectivity index (χ1n) is 13.4. The van der Waals surface area contributed by atoms with Crippen LogP contribution in [0.3, 0.4) is 0 Å². The molecule has 7 nitrogen and oxygen atoms in total. The van der Waals surface area contributed by atoms with Gasteiger partial charge in [0.1, 0.15) is 12.0 Å². The number of allylic oxidation sites excluding steroid dienone is 3. The first kappa shape index (κ1) is 26.1. The first-order chi connectivity index (χ1) is 18.5. The molecule has 2 atom stereocenters. The number of rotatable bonds is 10. The Morgan fingerprint density at radius 1 is 1.05 bits per heavy atom. The van der Waals surface area contributed by atoms with Gasteiger partial charge in [0.25, 0.3) is 0 Å². The molecule has 38 heavy (non-hydrogen) atoms. The maximum atomic E-state index is 11.2. The number of aliphatic carboxylic acids is 1. The van der Waals surface area contributed by atoms with E-state index in [1.54, 1.807) is 7.11 Å². The Labute approximate surface area is 223 Å². The highest BCUT2D eigenvalue weighted by atomic mass is 16.5. The van der Waals surface area contributed by atoms with Gasteiger partial charge in [-0.1, -0.05) is 42.5 Å². The van der Waals surface area contributed by atoms with E-state index in [-0.39, 0.29) is 6.42 Å². The number of unbranched alkanes of at least 4 members (excludes halogenated alkanes) is 1. The molecule has 2 heterocycles. The summed E-state index contributed by atoms with van der Waals surface area (Å²) in [6.07, 6.45) is 9.86. The summed E-state index contributed by atoms with van der Waals surface area (Å²) in [6, 6.07) is 15.8. The number of carboxylic acid groups (broad SMARTS) is 1. The van der Waals surface area contributed by atoms with Crippen molar-refractivity contribution in [1.29, 1.82) is 0 Å². The predicted octanol–water partition coefficient (Wildman–Crippen LogP) is 5.51. The summed E-state index contributed by atoms with van der Waals surface area (Å²) in [5.41, 5.74) is 5.02. The minimum atomic E-state index is -0.781. The van der Waals surface area contributed by atoms with Crippen molar-refractivity contribution in [2.24, 2.45) is 11.8 Å². The number of hydrogen-bond acceptors (Lipinski definition) is 6. The number of aliphatic hydroxyl groups excluding tert-OH is 1. The average Bonchev–Trinajstić information content (AvgIpc) is 3.15. The van der Waals surface area contributed by atoms with Gasteiger partial charge in [0.15, 0.2) is 0 Å². The lowest BCUT2D eigenvalue weighted by atomic mass is 9.81. The van der Waals surface area contributed by atoms with Gasteiger partial charge in [0.05, 0.1) is 29.5 Å². The van der Waals surface area contributed by atoms with Crippen LogP contribution in [-0.4, -0.2) is 51.2 Å². The standard InChI is InChI=1S/C31H35N3O4/c1-38-25-11-7-10-21(14-16-25)24-19-34(20-24)31(37)23-15-17-26-28(18-23)32-27(12-5-6-13-29(35)36)30(33-26)22-8-3-2-4-9-22/h2-4,7-9,11,15-18,21,24,31,37H,5-6,10,12-14,19-20H2,1H3,(H,35,36)/t21?,31-/m0/s1. The molecule has 0 bridgehead atoms. The highest BCUT2D eigenvalue weighted by Crippen LogP contribution is 2.36. The molecule has 5 rings (SSSR count). The topological polar surface area (TPSA) is 95.8 Å². The molecule has 1 unspecified atom stereocenters. The van der Waals surface area contributed by atoms with Crippen LogP contribution < -0.4 is 0 Å². The van der Waals surface area contributed by atoms with Gasteiger partial charge < -0.3 is 14.9 Å². The van der Waals surface area contributed by atoms with E-state index in [9.17, 15) is 9.90 Å². The van der Waals surface area contributed by atoms with Crippen LogP contribution >= 0.6 is 0 Å². The zero-order valence-corrected chi connectivity index (χ0v) is 21.8. The number of likely N-dealkylation sites (tertiary alicyclic amines) is 1. The fourth-order valence-electron chi connectivity index (χ4n) is 5.42. The van der Waals surface area contributed by atoms with Crippen molar-refractivity contribution in [2.75, 3.05) is 20.2 Å². The number of hydrogen-bond donors (Lipinski definition) is 2. The van der Waals surface area contributed by atoms with E-state index < -0.39 is 12.2 Å². The van der Waals surface area contributed by atoms with Crippen LogP contribution in [0.25, 0.3) is 22.3 Å². The second kappa shape index (κ2) is 11.9. The molecule has 7 heteroatoms. The quantitative estimate of drug-likeness (QED) is 0.345. The van der Waals surface area contributed by atoms with Crippen molar-refractivity contribution in [3.63, 3.8) is 0 Å². The molecule has 3 aromatic rings. The Balaban J connectivity index is 1.32. The second-order valence-electron chi connectivity index (χ2n) is 10.3. The van der Waals surface area contributed by atoms with Crippen LogP contribution in [0.5, 0.6) is 0 Å². The van der Waals surface area contributed by atoms with Crippen molar-refractivity contribution >= 4 is 17.0 Å². The number of methoxy groups -OCH3 is 1. The molecule has 1 aliphatic carbocycles. The van der Waals surface area contributed by atoms with Crippen molar-refractivity contribution in [1.82, 2.24) is 14.9 Å². The Hall–Kier alpha value is -3.55. The maximum absolute atomic E-state index is 11.2. The largest absolute Gasteiger partial charge is 0.497 e. The van der Waals surface area contributed by atoms with E-state index in [4.69, 9.17) is 19.8 Å². The number of aryl methyl sites for hydroxylation is 1. The fourth-order valence-corrected chi connectivity index (χ4v) is 5.42. The summed E-state index contributed by atoms with van der Waals surface area (Å²) in [6.45, 7) is 1.72. The maximum Gasteiger partial charge on any atom is 0.303 e. The van der Waals surface area contributed by atoms with Crippen molar-refractivity contribution in [2.45, 2.75) is 44.8 Å². The number of ether oxygens (including phenoxy) is 1. The smallest absolute Gasteiger partial charge is 0.303 e. The first-order valence-corrected chi connectivity index (χ1v) is 13.4. The van der Waals surface area contributed by atoms with Crippen LogP contribution in [-0.2, 0) is 16.0 Å². The summed E-state index contributed by atoms with van der Waals surface area (Å²) in [4.78, 5) is 23.0. The van der Waals surface area contributed by atoms with Crippen molar-refractivity contribution in [3.05, 3.63) is 83.8 Å². The Kier molecular flexibility index (Phi) is 8.15. The van der Waals surface area contributed by atoms with Gasteiger partial charge >= 0.3 is 5.97 Å². The van der Waals surface area contributed by atoms with Crippen LogP contribution in [0, 0.1) is 11.8 Å². The predicted molar refractivity (Wildman–Crippen MR) is 147 cm³/mol. The molecule has 1 aliphatic heterocycles. The number of nitrogens with zero attached hydrogens (tertiary/aromatic N) is 3. The van der Waals surface area contributed by atoms with Crippen LogP contribution in [0.15, 0.2) is 72.5 Å². The summed E-state index contributed by atoms with van der Waals surface area (Å²) < 4.78 is 5.37. The molecule has 1 aromatic heterocycles. The molecule has 0 radical (unpaired) electrons. The van der Waals surface area contributed by atoms with E-state index in [1.165, 1.54) is 0 Å². The van der Waals surface area contributed by atoms with E-state index in [0.29, 0.717) is 24.7 Å². The number of carbonyl (C=O) groups is 1. The summed E-state index contributed by atoms with van der Waals surface area (Å²) in [5, 5.41) is 20.1. The molecule has 2 aromatic carbocycles. The van der Waals surface area contributed by atoms with Crippen LogP contribution in [0.4, 0.5) is 0 Å². The molecule has 2 N–H and O–H groups in total. The number of carboxylic acids is 1. The van der Waals surface area contributed by atoms with Crippen molar-refractivity contribution < 1.29 is 19.7 Å². The normalized spacial score (nSPS) is 19.0. The molecular formula is C31H35N3O4. The molecule has 0 amide bonds. The van der Waals surface area contributed by atoms with E-state index in [1.807, 2.05) is 54.6 Å². The Morgan fingerprint density at radius 2 is 1.87 bits per heavy atom. The molecule has 0 spiro atoms. The monoisotopic (exact) mass is 513 g/mol. The summed E-state index contributed by atoms with van der Waals surface area (Å²) in [7, 11) is 1.71. The summed E-state index contributed by atoms with van der Waals surface area (Å²) >= 11 is 0. The third-order valence-electron chi connectivity index (χ3n) is 7.69. The van der Waals surface area contributed by atoms with Crippen molar-refractivity contribution in [3.8, 4) is 11.3 Å². The minimum absolute atomic E-state index is 0.149. The van der Waals surface area contributed by atoms with E-state index in [2.05, 4.69) is 17.1 Å². The lowest BCUT2D eigenvalue weighted by Crippen LogP contribution is -2.51. The van der Waals surface area contributed by atoms with Crippen LogP contribution in [0.2, 0.25) is 0 Å². The van der Waals surface area contributed by atoms with Crippen LogP contribution in [0.1, 0.15) is 49.6 Å². The number of fused-ring (bicyclic) bond motifs is 1. The molecule has 1 saturated heterocycles. The zero-order valence-electron chi connectivity index (χ0n) is 21.8. The number of aliphatic hydroxyl groups is 1. The Bertz CT molecular complexity index is 1330. The average molecular weight is 514 g/mol. The van der Waals surface area contributed by atoms with Gasteiger partial charge in [-0.2, -0.15) is 0 Å². The highest BCUT2D eigenvalue weighted by molar-refractivity contribution is 5.79. The lowest BCUT2D eigenvalue weighted by Gasteiger charge is -2.45. The number of benzene rings is 2. The van der Waals surface area contributed by atoms with Gasteiger partial charge in [-0.25, -0.2) is 9.97 Å². The minimum Gasteiger partial charge on any atom is -0.497 e. The van der Waals surface area contributed by atoms with Gasteiger partial charge in [0, 0.05) is 25.1 Å². The molecule has 198 valence electrons. The van der Waals surface area contributed by atoms with Gasteiger partial charge in [-0.05, 0) is 73.8 Å². The van der Waals surface area contributed by atoms with Gasteiger partial charge in [-0.3, -0.25) is 9.69 Å². The fraction of sp³-hybridized carbons (Fsp3) is 0.387. The van der Waals surface area contributed by atoms with Gasteiger partial charge in [0.2, 0.25) is 0 Å². The van der Waals surface area contributed by atoms with E-state index >= 15 is 0 Å². The van der Waals surface area contributed by atoms with E-state index in [0.717, 1.165) is 71.7 Å². The SMILES string of the molecule is COC1=CCC(C2CN([C@@H](O)c3ccc4nc(-c5ccccc5)c(CCCCC(=O)O)nc4c3)C2)CC=C1. The highest BCUT2D eigenvalue weighted by Gasteiger charge is 2.36. The summed E-state index contributed by atoms with van der Waals surface area (Å²) in [5.74, 6) is 1.26. The molecular weight excluding hydrogens is 478 g/mol. The number of aromatic nitrogens is 2. The third-order valence-corrected chi connectivity index (χ3v) is 7.69. The molecule has 0 saturated carbocycles. The second-order valence-corrected chi connectivity index (χ2v) is 10.3. The molecule has 1 fully saturated rings. The lowest BCUT2D eigenvalue weighted by molar-refractivity contribution is -0.137. The molecule has 2 aliphatic rings. The third kappa shape index (κ3) is 5.95. The zero-order chi connectivity index (χ0) is 26.5. The van der Waals surface area contributed by atoms with Gasteiger partial charge in [-0.15, -0.1) is 0 Å². The Morgan fingerprint density at radius 3 is 2.63 bits per heavy atom.